The lowest BCUT2D eigenvalue weighted by molar-refractivity contribution is -0.175. The Bertz CT molecular complexity index is 465. The molecule has 0 spiro atoms. The van der Waals surface area contributed by atoms with Gasteiger partial charge in [-0.3, -0.25) is 0 Å². The largest absolute Gasteiger partial charge is 0.486 e. The minimum Gasteiger partial charge on any atom is -0.486 e. The number of hydrogen-bond acceptors (Lipinski definition) is 4. The highest BCUT2D eigenvalue weighted by Crippen LogP contribution is 2.32. The van der Waals surface area contributed by atoms with Crippen LogP contribution < -0.4 is 14.8 Å². The maximum Gasteiger partial charge on any atom is 0.411 e. The third-order valence-corrected chi connectivity index (χ3v) is 2.97. The van der Waals surface area contributed by atoms with Crippen molar-refractivity contribution < 1.29 is 27.4 Å². The van der Waals surface area contributed by atoms with Gasteiger partial charge in [0.25, 0.3) is 0 Å². The Morgan fingerprint density at radius 1 is 1.24 bits per heavy atom. The van der Waals surface area contributed by atoms with E-state index in [-0.39, 0.29) is 12.6 Å². The summed E-state index contributed by atoms with van der Waals surface area (Å²) in [4.78, 5) is 0. The molecule has 118 valence electrons. The molecule has 0 radical (unpaired) electrons. The Morgan fingerprint density at radius 3 is 2.62 bits per heavy atom. The molecule has 1 heterocycles. The molecule has 1 unspecified atom stereocenters. The van der Waals surface area contributed by atoms with Crippen LogP contribution in [0.4, 0.5) is 13.2 Å². The Morgan fingerprint density at radius 2 is 1.95 bits per heavy atom. The number of alkyl halides is 3. The highest BCUT2D eigenvalue weighted by Gasteiger charge is 2.28. The third kappa shape index (κ3) is 4.78. The molecule has 2 rings (SSSR count). The Kier molecular flexibility index (Phi) is 5.30. The second-order valence-electron chi connectivity index (χ2n) is 4.64. The second kappa shape index (κ2) is 7.00. The lowest BCUT2D eigenvalue weighted by Gasteiger charge is -2.23. The van der Waals surface area contributed by atoms with Gasteiger partial charge in [0.15, 0.2) is 11.5 Å². The fourth-order valence-corrected chi connectivity index (χ4v) is 2.09. The summed E-state index contributed by atoms with van der Waals surface area (Å²) in [7, 11) is 0. The first-order valence-electron chi connectivity index (χ1n) is 6.77. The summed E-state index contributed by atoms with van der Waals surface area (Å²) in [6.07, 6.45) is -4.32. The van der Waals surface area contributed by atoms with E-state index in [0.29, 0.717) is 31.3 Å². The first kappa shape index (κ1) is 15.9. The summed E-state index contributed by atoms with van der Waals surface area (Å²) >= 11 is 0. The maximum atomic E-state index is 12.1. The zero-order valence-corrected chi connectivity index (χ0v) is 11.7. The van der Waals surface area contributed by atoms with Gasteiger partial charge in [-0.1, -0.05) is 13.0 Å². The van der Waals surface area contributed by atoms with Crippen LogP contribution >= 0.6 is 0 Å². The number of likely N-dealkylation sites (N-methyl/N-ethyl adjacent to an activating group) is 1. The van der Waals surface area contributed by atoms with Crippen LogP contribution in [0, 0.1) is 0 Å². The number of fused-ring (bicyclic) bond motifs is 1. The van der Waals surface area contributed by atoms with E-state index in [1.807, 2.05) is 6.92 Å². The summed E-state index contributed by atoms with van der Waals surface area (Å²) in [5.41, 5.74) is 0.809. The smallest absolute Gasteiger partial charge is 0.411 e. The molecule has 0 saturated carbocycles. The number of halogens is 3. The summed E-state index contributed by atoms with van der Waals surface area (Å²) in [6.45, 7) is 2.15. The van der Waals surface area contributed by atoms with Crippen LogP contribution in [0.1, 0.15) is 18.5 Å². The average molecular weight is 305 g/mol. The van der Waals surface area contributed by atoms with Gasteiger partial charge in [-0.2, -0.15) is 13.2 Å². The van der Waals surface area contributed by atoms with Gasteiger partial charge < -0.3 is 19.5 Å². The Hall–Kier alpha value is -1.47. The van der Waals surface area contributed by atoms with Gasteiger partial charge in [-0.05, 0) is 24.2 Å². The minimum atomic E-state index is -4.32. The first-order valence-corrected chi connectivity index (χ1v) is 6.77. The van der Waals surface area contributed by atoms with Crippen LogP contribution in [0.5, 0.6) is 11.5 Å². The Labute approximate surface area is 121 Å². The lowest BCUT2D eigenvalue weighted by Crippen LogP contribution is -2.28. The second-order valence-corrected chi connectivity index (χ2v) is 4.64. The molecule has 1 aliphatic heterocycles. The molecule has 21 heavy (non-hydrogen) atoms. The van der Waals surface area contributed by atoms with Crippen molar-refractivity contribution in [3.05, 3.63) is 23.8 Å². The summed E-state index contributed by atoms with van der Waals surface area (Å²) in [5, 5.41) is 3.10. The molecule has 1 aromatic rings. The molecule has 7 heteroatoms. The quantitative estimate of drug-likeness (QED) is 0.877. The normalized spacial score (nSPS) is 15.8. The van der Waals surface area contributed by atoms with Crippen LogP contribution in [0.25, 0.3) is 0 Å². The zero-order chi connectivity index (χ0) is 15.3. The summed E-state index contributed by atoms with van der Waals surface area (Å²) < 4.78 is 52.1. The number of benzene rings is 1. The van der Waals surface area contributed by atoms with Crippen molar-refractivity contribution in [3.63, 3.8) is 0 Å². The van der Waals surface area contributed by atoms with E-state index in [0.717, 1.165) is 5.56 Å². The van der Waals surface area contributed by atoms with Crippen LogP contribution in [0.2, 0.25) is 0 Å². The zero-order valence-electron chi connectivity index (χ0n) is 11.7. The van der Waals surface area contributed by atoms with Gasteiger partial charge in [-0.15, -0.1) is 0 Å². The van der Waals surface area contributed by atoms with E-state index in [2.05, 4.69) is 5.32 Å². The van der Waals surface area contributed by atoms with E-state index >= 15 is 0 Å². The number of ether oxygens (including phenoxy) is 3. The SMILES string of the molecule is CCNC(COCC(F)(F)F)c1ccc2c(c1)OCCO2. The molecular formula is C14H18F3NO3. The van der Waals surface area contributed by atoms with Crippen LogP contribution in [0.3, 0.4) is 0 Å². The molecule has 0 fully saturated rings. The van der Waals surface area contributed by atoms with Crippen molar-refractivity contribution in [2.75, 3.05) is 33.0 Å². The van der Waals surface area contributed by atoms with E-state index in [1.165, 1.54) is 0 Å². The van der Waals surface area contributed by atoms with Crippen molar-refractivity contribution >= 4 is 0 Å². The highest BCUT2D eigenvalue weighted by atomic mass is 19.4. The monoisotopic (exact) mass is 305 g/mol. The van der Waals surface area contributed by atoms with Crippen molar-refractivity contribution in [2.45, 2.75) is 19.1 Å². The van der Waals surface area contributed by atoms with Gasteiger partial charge in [0.2, 0.25) is 0 Å². The highest BCUT2D eigenvalue weighted by molar-refractivity contribution is 5.44. The van der Waals surface area contributed by atoms with E-state index in [9.17, 15) is 13.2 Å². The molecule has 0 saturated heterocycles. The summed E-state index contributed by atoms with van der Waals surface area (Å²) in [6, 6.07) is 5.02. The molecular weight excluding hydrogens is 287 g/mol. The van der Waals surface area contributed by atoms with Crippen molar-refractivity contribution in [3.8, 4) is 11.5 Å². The molecule has 0 aromatic heterocycles. The molecule has 0 amide bonds. The van der Waals surface area contributed by atoms with Crippen molar-refractivity contribution in [1.29, 1.82) is 0 Å². The standard InChI is InChI=1S/C14H18F3NO3/c1-2-18-11(8-19-9-14(15,16)17)10-3-4-12-13(7-10)21-6-5-20-12/h3-4,7,11,18H,2,5-6,8-9H2,1H3. The molecule has 0 bridgehead atoms. The third-order valence-electron chi connectivity index (χ3n) is 2.97. The van der Waals surface area contributed by atoms with Crippen molar-refractivity contribution in [2.24, 2.45) is 0 Å². The number of rotatable bonds is 6. The van der Waals surface area contributed by atoms with E-state index in [1.54, 1.807) is 18.2 Å². The Balaban J connectivity index is 2.03. The fraction of sp³-hybridized carbons (Fsp3) is 0.571. The topological polar surface area (TPSA) is 39.7 Å². The van der Waals surface area contributed by atoms with Crippen LogP contribution in [-0.2, 0) is 4.74 Å². The van der Waals surface area contributed by atoms with Gasteiger partial charge >= 0.3 is 6.18 Å². The van der Waals surface area contributed by atoms with Gasteiger partial charge in [0.1, 0.15) is 19.8 Å². The van der Waals surface area contributed by atoms with Gasteiger partial charge in [0, 0.05) is 0 Å². The minimum absolute atomic E-state index is 0.0625. The van der Waals surface area contributed by atoms with E-state index < -0.39 is 12.8 Å². The maximum absolute atomic E-state index is 12.1. The molecule has 4 nitrogen and oxygen atoms in total. The van der Waals surface area contributed by atoms with Gasteiger partial charge in [-0.25, -0.2) is 0 Å². The van der Waals surface area contributed by atoms with Crippen molar-refractivity contribution in [1.82, 2.24) is 5.32 Å². The molecule has 1 aliphatic rings. The molecule has 1 atom stereocenters. The molecule has 0 aliphatic carbocycles. The predicted molar refractivity (Wildman–Crippen MR) is 70.7 cm³/mol. The lowest BCUT2D eigenvalue weighted by atomic mass is 10.1. The van der Waals surface area contributed by atoms with E-state index in [4.69, 9.17) is 14.2 Å². The molecule has 1 aromatic carbocycles. The van der Waals surface area contributed by atoms with Crippen LogP contribution in [0.15, 0.2) is 18.2 Å². The fourth-order valence-electron chi connectivity index (χ4n) is 2.09. The average Bonchev–Trinajstić information content (AvgIpc) is 2.44. The number of hydrogen-bond donors (Lipinski definition) is 1. The summed E-state index contributed by atoms with van der Waals surface area (Å²) in [5.74, 6) is 1.26. The predicted octanol–water partition coefficient (Wildman–Crippen LogP) is 2.69. The molecule has 1 N–H and O–H groups in total. The first-order chi connectivity index (χ1) is 9.99. The van der Waals surface area contributed by atoms with Crippen LogP contribution in [-0.4, -0.2) is 39.1 Å². The van der Waals surface area contributed by atoms with Gasteiger partial charge in [0.05, 0.1) is 12.6 Å². The number of nitrogens with one attached hydrogen (secondary N) is 1.